The van der Waals surface area contributed by atoms with Crippen LogP contribution in [-0.4, -0.2) is 23.2 Å². The summed E-state index contributed by atoms with van der Waals surface area (Å²) < 4.78 is 86.1. The molecule has 32 heavy (non-hydrogen) atoms. The molecule has 0 aliphatic carbocycles. The van der Waals surface area contributed by atoms with Crippen LogP contribution in [0.4, 0.5) is 17.6 Å². The average molecular weight is 461 g/mol. The lowest BCUT2D eigenvalue weighted by molar-refractivity contribution is 0.536. The molecule has 0 aliphatic heterocycles. The first-order valence-corrected chi connectivity index (χ1v) is 10.7. The third kappa shape index (κ3) is 3.56. The van der Waals surface area contributed by atoms with E-state index in [0.717, 1.165) is 12.1 Å². The first kappa shape index (κ1) is 21.7. The molecule has 0 bridgehead atoms. The van der Waals surface area contributed by atoms with Crippen LogP contribution in [0.5, 0.6) is 0 Å². The van der Waals surface area contributed by atoms with E-state index >= 15 is 4.39 Å². The Bertz CT molecular complexity index is 1450. The smallest absolute Gasteiger partial charge is 0.212 e. The van der Waals surface area contributed by atoms with Crippen molar-refractivity contribution in [3.8, 4) is 22.4 Å². The molecule has 5 nitrogen and oxygen atoms in total. The Morgan fingerprint density at radius 2 is 1.62 bits per heavy atom. The van der Waals surface area contributed by atoms with Gasteiger partial charge in [0.15, 0.2) is 5.82 Å². The Labute approximate surface area is 180 Å². The van der Waals surface area contributed by atoms with Gasteiger partial charge in [0.1, 0.15) is 32.9 Å². The van der Waals surface area contributed by atoms with Gasteiger partial charge in [-0.3, -0.25) is 9.67 Å². The van der Waals surface area contributed by atoms with Gasteiger partial charge in [-0.2, -0.15) is 5.10 Å². The molecule has 0 saturated heterocycles. The first-order valence-electron chi connectivity index (χ1n) is 9.24. The summed E-state index contributed by atoms with van der Waals surface area (Å²) >= 11 is 0. The van der Waals surface area contributed by atoms with Gasteiger partial charge in [0.2, 0.25) is 9.84 Å². The van der Waals surface area contributed by atoms with Crippen LogP contribution in [0.15, 0.2) is 64.8 Å². The summed E-state index contributed by atoms with van der Waals surface area (Å²) in [6, 6.07) is 5.85. The molecular formula is C22H15F4N3O2S. The molecule has 0 saturated carbocycles. The van der Waals surface area contributed by atoms with Crippen LogP contribution >= 0.6 is 0 Å². The van der Waals surface area contributed by atoms with Crippen LogP contribution in [-0.2, 0) is 16.9 Å². The summed E-state index contributed by atoms with van der Waals surface area (Å²) in [5.74, 6) is -4.77. The van der Waals surface area contributed by atoms with Crippen LogP contribution < -0.4 is 0 Å². The molecular weight excluding hydrogens is 446 g/mol. The zero-order chi connectivity index (χ0) is 23.2. The highest BCUT2D eigenvalue weighted by Crippen LogP contribution is 2.39. The zero-order valence-corrected chi connectivity index (χ0v) is 17.6. The molecule has 0 amide bonds. The van der Waals surface area contributed by atoms with Crippen molar-refractivity contribution in [1.82, 2.24) is 14.8 Å². The molecule has 0 radical (unpaired) electrons. The van der Waals surface area contributed by atoms with E-state index in [-0.39, 0.29) is 11.3 Å². The fraction of sp³-hybridized carbons (Fsp3) is 0.0909. The van der Waals surface area contributed by atoms with Crippen molar-refractivity contribution in [2.75, 3.05) is 0 Å². The summed E-state index contributed by atoms with van der Waals surface area (Å²) in [5.41, 5.74) is -0.267. The summed E-state index contributed by atoms with van der Waals surface area (Å²) in [4.78, 5) is 1.90. The van der Waals surface area contributed by atoms with Crippen molar-refractivity contribution in [3.05, 3.63) is 83.8 Å². The number of aromatic nitrogens is 3. The molecule has 10 heteroatoms. The summed E-state index contributed by atoms with van der Waals surface area (Å²) in [7, 11) is -3.33. The van der Waals surface area contributed by atoms with Crippen molar-refractivity contribution in [2.45, 2.75) is 16.7 Å². The second-order valence-corrected chi connectivity index (χ2v) is 8.93. The van der Waals surface area contributed by atoms with Crippen molar-refractivity contribution < 1.29 is 26.0 Å². The monoisotopic (exact) mass is 461 g/mol. The van der Waals surface area contributed by atoms with E-state index in [9.17, 15) is 21.6 Å². The van der Waals surface area contributed by atoms with Crippen LogP contribution in [0.2, 0.25) is 0 Å². The number of nitrogens with zero attached hydrogens (tertiary/aromatic N) is 3. The van der Waals surface area contributed by atoms with E-state index in [1.165, 1.54) is 37.2 Å². The maximum atomic E-state index is 15.7. The second-order valence-electron chi connectivity index (χ2n) is 7.07. The van der Waals surface area contributed by atoms with Gasteiger partial charge < -0.3 is 0 Å². The van der Waals surface area contributed by atoms with Crippen LogP contribution in [0.3, 0.4) is 0 Å². The quantitative estimate of drug-likeness (QED) is 0.322. The minimum atomic E-state index is -4.87. The molecule has 0 fully saturated rings. The molecule has 2 aromatic carbocycles. The van der Waals surface area contributed by atoms with Gasteiger partial charge in [-0.05, 0) is 54.4 Å². The minimum Gasteiger partial charge on any atom is -0.275 e. The van der Waals surface area contributed by atoms with Crippen molar-refractivity contribution in [3.63, 3.8) is 0 Å². The molecule has 2 heterocycles. The molecule has 4 rings (SSSR count). The third-order valence-electron chi connectivity index (χ3n) is 4.87. The highest BCUT2D eigenvalue weighted by molar-refractivity contribution is 7.91. The number of hydrogen-bond acceptors (Lipinski definition) is 4. The fourth-order valence-electron chi connectivity index (χ4n) is 3.48. The van der Waals surface area contributed by atoms with E-state index in [1.807, 2.05) is 0 Å². The molecule has 4 aromatic rings. The Morgan fingerprint density at radius 3 is 2.31 bits per heavy atom. The van der Waals surface area contributed by atoms with Gasteiger partial charge >= 0.3 is 0 Å². The Balaban J connectivity index is 2.02. The van der Waals surface area contributed by atoms with Crippen LogP contribution in [0.1, 0.15) is 5.56 Å². The Morgan fingerprint density at radius 1 is 0.938 bits per heavy atom. The largest absolute Gasteiger partial charge is 0.275 e. The lowest BCUT2D eigenvalue weighted by Crippen LogP contribution is -2.12. The summed E-state index contributed by atoms with van der Waals surface area (Å²) in [6.07, 6.45) is 4.48. The highest BCUT2D eigenvalue weighted by Gasteiger charge is 2.32. The topological polar surface area (TPSA) is 64.8 Å². The number of benzene rings is 2. The van der Waals surface area contributed by atoms with Gasteiger partial charge in [-0.1, -0.05) is 0 Å². The molecule has 0 aliphatic rings. The van der Waals surface area contributed by atoms with Crippen LogP contribution in [0, 0.1) is 30.2 Å². The van der Waals surface area contributed by atoms with Gasteiger partial charge in [-0.25, -0.2) is 26.0 Å². The molecule has 2 aromatic heterocycles. The normalized spacial score (nSPS) is 11.7. The van der Waals surface area contributed by atoms with Crippen molar-refractivity contribution in [1.29, 1.82) is 0 Å². The average Bonchev–Trinajstić information content (AvgIpc) is 3.11. The van der Waals surface area contributed by atoms with Crippen molar-refractivity contribution in [2.24, 2.45) is 7.05 Å². The number of halogens is 4. The zero-order valence-electron chi connectivity index (χ0n) is 16.8. The van der Waals surface area contributed by atoms with Gasteiger partial charge in [0.25, 0.3) is 0 Å². The molecule has 0 spiro atoms. The minimum absolute atomic E-state index is 0.148. The van der Waals surface area contributed by atoms with Crippen LogP contribution in [0.25, 0.3) is 22.4 Å². The molecule has 0 unspecified atom stereocenters. The lowest BCUT2D eigenvalue weighted by atomic mass is 10.0. The second kappa shape index (κ2) is 7.86. The molecule has 164 valence electrons. The highest BCUT2D eigenvalue weighted by atomic mass is 32.2. The maximum Gasteiger partial charge on any atom is 0.212 e. The third-order valence-corrected chi connectivity index (χ3v) is 6.80. The summed E-state index contributed by atoms with van der Waals surface area (Å²) in [5, 5.41) is 4.12. The number of hydrogen-bond donors (Lipinski definition) is 0. The van der Waals surface area contributed by atoms with E-state index in [1.54, 1.807) is 12.1 Å². The van der Waals surface area contributed by atoms with Gasteiger partial charge in [-0.15, -0.1) is 0 Å². The Hall–Kier alpha value is -3.53. The summed E-state index contributed by atoms with van der Waals surface area (Å²) in [6.45, 7) is 1.17. The van der Waals surface area contributed by atoms with Crippen molar-refractivity contribution >= 4 is 9.84 Å². The number of aryl methyl sites for hydroxylation is 2. The van der Waals surface area contributed by atoms with E-state index in [0.29, 0.717) is 23.3 Å². The predicted molar refractivity (Wildman–Crippen MR) is 108 cm³/mol. The maximum absolute atomic E-state index is 15.7. The molecule has 0 N–H and O–H groups in total. The van der Waals surface area contributed by atoms with E-state index in [4.69, 9.17) is 0 Å². The lowest BCUT2D eigenvalue weighted by Gasteiger charge is -2.14. The Kier molecular flexibility index (Phi) is 5.33. The fourth-order valence-corrected chi connectivity index (χ4v) is 5.11. The standard InChI is InChI=1S/C22H15F4N3O2S/c1-12-9-17(25)19(21-15(11-29(2)28-21)13-5-7-27-8-6-13)20(26)22(12)32(30,31)18-10-14(23)3-4-16(18)24/h3-11H,1-2H3. The van der Waals surface area contributed by atoms with E-state index < -0.39 is 48.5 Å². The number of pyridine rings is 1. The first-order chi connectivity index (χ1) is 15.1. The number of rotatable bonds is 4. The van der Waals surface area contributed by atoms with E-state index in [2.05, 4.69) is 10.1 Å². The number of sulfone groups is 1. The van der Waals surface area contributed by atoms with Gasteiger partial charge in [0, 0.05) is 31.2 Å². The predicted octanol–water partition coefficient (Wildman–Crippen LogP) is 4.85. The molecule has 0 atom stereocenters. The van der Waals surface area contributed by atoms with Gasteiger partial charge in [0.05, 0.1) is 5.56 Å². The SMILES string of the molecule is Cc1cc(F)c(-c2nn(C)cc2-c2ccncc2)c(F)c1S(=O)(=O)c1cc(F)ccc1F.